The number of likely N-dealkylation sites (N-methyl/N-ethyl adjacent to an activating group) is 1. The second-order valence-electron chi connectivity index (χ2n) is 6.82. The molecule has 1 fully saturated rings. The number of aromatic nitrogens is 2. The SMILES string of the molecule is Cc1nc(Nc2ccccc2C(C)C)cc(N2CCN(C)CC2)n1. The molecule has 0 saturated carbocycles. The van der Waals surface area contributed by atoms with Gasteiger partial charge in [0, 0.05) is 37.9 Å². The molecule has 3 rings (SSSR count). The Kier molecular flexibility index (Phi) is 5.00. The quantitative estimate of drug-likeness (QED) is 0.933. The second kappa shape index (κ2) is 7.18. The highest BCUT2D eigenvalue weighted by molar-refractivity contribution is 5.63. The van der Waals surface area contributed by atoms with E-state index in [0.717, 1.165) is 49.3 Å². The largest absolute Gasteiger partial charge is 0.354 e. The lowest BCUT2D eigenvalue weighted by atomic mass is 10.0. The van der Waals surface area contributed by atoms with Gasteiger partial charge < -0.3 is 15.1 Å². The minimum Gasteiger partial charge on any atom is -0.354 e. The van der Waals surface area contributed by atoms with Gasteiger partial charge in [-0.2, -0.15) is 0 Å². The number of piperazine rings is 1. The summed E-state index contributed by atoms with van der Waals surface area (Å²) < 4.78 is 0. The number of hydrogen-bond acceptors (Lipinski definition) is 5. The fourth-order valence-electron chi connectivity index (χ4n) is 3.07. The Hall–Kier alpha value is -2.14. The molecule has 128 valence electrons. The van der Waals surface area contributed by atoms with E-state index in [1.54, 1.807) is 0 Å². The van der Waals surface area contributed by atoms with Gasteiger partial charge in [-0.05, 0) is 31.5 Å². The summed E-state index contributed by atoms with van der Waals surface area (Å²) in [4.78, 5) is 13.9. The van der Waals surface area contributed by atoms with E-state index in [4.69, 9.17) is 0 Å². The molecule has 1 aliphatic rings. The maximum absolute atomic E-state index is 4.64. The summed E-state index contributed by atoms with van der Waals surface area (Å²) in [5, 5.41) is 3.49. The molecule has 5 heteroatoms. The molecule has 0 aliphatic carbocycles. The number of anilines is 3. The highest BCUT2D eigenvalue weighted by Gasteiger charge is 2.17. The molecule has 1 aromatic carbocycles. The molecule has 0 amide bonds. The van der Waals surface area contributed by atoms with Crippen molar-refractivity contribution in [3.05, 3.63) is 41.7 Å². The Morgan fingerprint density at radius 2 is 1.75 bits per heavy atom. The lowest BCUT2D eigenvalue weighted by Crippen LogP contribution is -2.44. The van der Waals surface area contributed by atoms with Gasteiger partial charge in [0.05, 0.1) is 0 Å². The van der Waals surface area contributed by atoms with Crippen LogP contribution in [0.3, 0.4) is 0 Å². The first-order valence-corrected chi connectivity index (χ1v) is 8.68. The van der Waals surface area contributed by atoms with Crippen LogP contribution >= 0.6 is 0 Å². The van der Waals surface area contributed by atoms with Gasteiger partial charge in [-0.1, -0.05) is 32.0 Å². The lowest BCUT2D eigenvalue weighted by Gasteiger charge is -2.33. The Labute approximate surface area is 144 Å². The number of aryl methyl sites for hydroxylation is 1. The molecule has 1 aliphatic heterocycles. The predicted molar refractivity (Wildman–Crippen MR) is 100 cm³/mol. The van der Waals surface area contributed by atoms with Crippen LogP contribution in [0.5, 0.6) is 0 Å². The van der Waals surface area contributed by atoms with Gasteiger partial charge in [0.25, 0.3) is 0 Å². The van der Waals surface area contributed by atoms with E-state index in [2.05, 4.69) is 76.3 Å². The summed E-state index contributed by atoms with van der Waals surface area (Å²) in [5.74, 6) is 3.15. The fourth-order valence-corrected chi connectivity index (χ4v) is 3.07. The average Bonchev–Trinajstić information content (AvgIpc) is 2.55. The van der Waals surface area contributed by atoms with Crippen LogP contribution in [0.4, 0.5) is 17.3 Å². The molecule has 24 heavy (non-hydrogen) atoms. The highest BCUT2D eigenvalue weighted by Crippen LogP contribution is 2.27. The van der Waals surface area contributed by atoms with Gasteiger partial charge in [0.2, 0.25) is 0 Å². The van der Waals surface area contributed by atoms with Crippen molar-refractivity contribution in [2.75, 3.05) is 43.4 Å². The Morgan fingerprint density at radius 1 is 1.04 bits per heavy atom. The van der Waals surface area contributed by atoms with Crippen LogP contribution in [0, 0.1) is 6.92 Å². The van der Waals surface area contributed by atoms with Crippen LogP contribution in [0.25, 0.3) is 0 Å². The van der Waals surface area contributed by atoms with Gasteiger partial charge in [-0.3, -0.25) is 0 Å². The van der Waals surface area contributed by atoms with Crippen LogP contribution in [-0.4, -0.2) is 48.1 Å². The molecule has 0 bridgehead atoms. The number of hydrogen-bond donors (Lipinski definition) is 1. The first-order chi connectivity index (χ1) is 11.5. The van der Waals surface area contributed by atoms with Crippen molar-refractivity contribution in [3.8, 4) is 0 Å². The zero-order chi connectivity index (χ0) is 17.1. The maximum Gasteiger partial charge on any atom is 0.136 e. The highest BCUT2D eigenvalue weighted by atomic mass is 15.3. The second-order valence-corrected chi connectivity index (χ2v) is 6.82. The molecule has 0 radical (unpaired) electrons. The van der Waals surface area contributed by atoms with Crippen LogP contribution in [0.1, 0.15) is 31.2 Å². The minimum atomic E-state index is 0.466. The third kappa shape index (κ3) is 3.85. The van der Waals surface area contributed by atoms with Crippen LogP contribution in [0.15, 0.2) is 30.3 Å². The number of rotatable bonds is 4. The molecule has 2 heterocycles. The third-order valence-corrected chi connectivity index (χ3v) is 4.50. The van der Waals surface area contributed by atoms with E-state index in [1.165, 1.54) is 5.56 Å². The monoisotopic (exact) mass is 325 g/mol. The fraction of sp³-hybridized carbons (Fsp3) is 0.474. The van der Waals surface area contributed by atoms with Crippen molar-refractivity contribution in [2.24, 2.45) is 0 Å². The van der Waals surface area contributed by atoms with Crippen LogP contribution in [-0.2, 0) is 0 Å². The molecule has 0 spiro atoms. The molecule has 1 saturated heterocycles. The first kappa shape index (κ1) is 16.7. The van der Waals surface area contributed by atoms with Crippen molar-refractivity contribution in [1.82, 2.24) is 14.9 Å². The van der Waals surface area contributed by atoms with Gasteiger partial charge in [-0.15, -0.1) is 0 Å². The number of para-hydroxylation sites is 1. The van der Waals surface area contributed by atoms with Crippen molar-refractivity contribution in [1.29, 1.82) is 0 Å². The molecule has 5 nitrogen and oxygen atoms in total. The lowest BCUT2D eigenvalue weighted by molar-refractivity contribution is 0.312. The molecule has 1 aromatic heterocycles. The van der Waals surface area contributed by atoms with Crippen molar-refractivity contribution in [2.45, 2.75) is 26.7 Å². The summed E-state index contributed by atoms with van der Waals surface area (Å²) in [5.41, 5.74) is 2.42. The Morgan fingerprint density at radius 3 is 2.46 bits per heavy atom. The molecule has 0 atom stereocenters. The Balaban J connectivity index is 1.84. The van der Waals surface area contributed by atoms with E-state index >= 15 is 0 Å². The topological polar surface area (TPSA) is 44.3 Å². The van der Waals surface area contributed by atoms with Crippen molar-refractivity contribution < 1.29 is 0 Å². The molecular weight excluding hydrogens is 298 g/mol. The standard InChI is InChI=1S/C19H27N5/c1-14(2)16-7-5-6-8-17(16)22-18-13-19(21-15(3)20-18)24-11-9-23(4)10-12-24/h5-8,13-14H,9-12H2,1-4H3,(H,20,21,22). The van der Waals surface area contributed by atoms with Crippen LogP contribution in [0.2, 0.25) is 0 Å². The number of nitrogens with one attached hydrogen (secondary N) is 1. The summed E-state index contributed by atoms with van der Waals surface area (Å²) >= 11 is 0. The number of benzene rings is 1. The zero-order valence-electron chi connectivity index (χ0n) is 15.1. The zero-order valence-corrected chi connectivity index (χ0v) is 15.1. The van der Waals surface area contributed by atoms with E-state index in [0.29, 0.717) is 5.92 Å². The molecular formula is C19H27N5. The van der Waals surface area contributed by atoms with E-state index < -0.39 is 0 Å². The molecule has 1 N–H and O–H groups in total. The molecule has 2 aromatic rings. The minimum absolute atomic E-state index is 0.466. The summed E-state index contributed by atoms with van der Waals surface area (Å²) in [7, 11) is 2.17. The van der Waals surface area contributed by atoms with Gasteiger partial charge in [-0.25, -0.2) is 9.97 Å². The van der Waals surface area contributed by atoms with Gasteiger partial charge in [0.15, 0.2) is 0 Å². The van der Waals surface area contributed by atoms with Crippen molar-refractivity contribution in [3.63, 3.8) is 0 Å². The van der Waals surface area contributed by atoms with Gasteiger partial charge in [0.1, 0.15) is 17.5 Å². The Bertz CT molecular complexity index is 690. The van der Waals surface area contributed by atoms with Crippen LogP contribution < -0.4 is 10.2 Å². The normalized spacial score (nSPS) is 15.8. The van der Waals surface area contributed by atoms with Gasteiger partial charge >= 0.3 is 0 Å². The van der Waals surface area contributed by atoms with E-state index in [-0.39, 0.29) is 0 Å². The molecule has 0 unspecified atom stereocenters. The predicted octanol–water partition coefficient (Wildman–Crippen LogP) is 3.40. The smallest absolute Gasteiger partial charge is 0.136 e. The maximum atomic E-state index is 4.64. The van der Waals surface area contributed by atoms with E-state index in [9.17, 15) is 0 Å². The summed E-state index contributed by atoms with van der Waals surface area (Å²) in [6.45, 7) is 10.5. The van der Waals surface area contributed by atoms with Crippen molar-refractivity contribution >= 4 is 17.3 Å². The first-order valence-electron chi connectivity index (χ1n) is 8.68. The average molecular weight is 325 g/mol. The third-order valence-electron chi connectivity index (χ3n) is 4.50. The number of nitrogens with zero attached hydrogens (tertiary/aromatic N) is 4. The summed E-state index contributed by atoms with van der Waals surface area (Å²) in [6, 6.07) is 10.5. The summed E-state index contributed by atoms with van der Waals surface area (Å²) in [6.07, 6.45) is 0. The van der Waals surface area contributed by atoms with E-state index in [1.807, 2.05) is 6.92 Å².